The number of fused-ring (bicyclic) bond motifs is 1. The summed E-state index contributed by atoms with van der Waals surface area (Å²) in [5.74, 6) is 1.44. The normalized spacial score (nSPS) is 12.5. The topological polar surface area (TPSA) is 64.3 Å². The number of nitrogens with one attached hydrogen (secondary N) is 1. The molecular formula is C15H17N5O. The Bertz CT molecular complexity index is 740. The minimum atomic E-state index is 0.182. The molecule has 3 aromatic heterocycles. The highest BCUT2D eigenvalue weighted by Gasteiger charge is 2.10. The summed E-state index contributed by atoms with van der Waals surface area (Å²) in [6, 6.07) is 7.95. The first kappa shape index (κ1) is 13.5. The molecule has 21 heavy (non-hydrogen) atoms. The molecule has 0 saturated carbocycles. The number of hydrogen-bond acceptors (Lipinski definition) is 5. The standard InChI is InChI=1S/C15H17N5O/c1-11(10-21-2)18-14-6-7-16-15(19-14)12-9-17-20-8-4-3-5-13(12)20/h3-9,11H,10H2,1-2H3,(H,16,18,19)/t11-/m0/s1. The van der Waals surface area contributed by atoms with Crippen LogP contribution < -0.4 is 5.32 Å². The summed E-state index contributed by atoms with van der Waals surface area (Å²) in [6.07, 6.45) is 5.44. The molecule has 0 saturated heterocycles. The van der Waals surface area contributed by atoms with Gasteiger partial charge >= 0.3 is 0 Å². The first-order chi connectivity index (χ1) is 10.3. The van der Waals surface area contributed by atoms with E-state index in [1.807, 2.05) is 41.9 Å². The highest BCUT2D eigenvalue weighted by atomic mass is 16.5. The van der Waals surface area contributed by atoms with Crippen LogP contribution in [0, 0.1) is 0 Å². The smallest absolute Gasteiger partial charge is 0.165 e. The van der Waals surface area contributed by atoms with Crippen molar-refractivity contribution < 1.29 is 4.74 Å². The van der Waals surface area contributed by atoms with E-state index in [0.717, 1.165) is 16.9 Å². The SMILES string of the molecule is COC[C@H](C)Nc1ccnc(-c2cnn3ccccc23)n1. The Labute approximate surface area is 122 Å². The maximum atomic E-state index is 5.12. The Morgan fingerprint density at radius 3 is 3.10 bits per heavy atom. The minimum Gasteiger partial charge on any atom is -0.383 e. The van der Waals surface area contributed by atoms with Gasteiger partial charge in [-0.2, -0.15) is 5.10 Å². The van der Waals surface area contributed by atoms with E-state index in [4.69, 9.17) is 4.74 Å². The summed E-state index contributed by atoms with van der Waals surface area (Å²) in [5.41, 5.74) is 1.90. The Balaban J connectivity index is 1.92. The second kappa shape index (κ2) is 5.88. The minimum absolute atomic E-state index is 0.182. The maximum Gasteiger partial charge on any atom is 0.165 e. The fraction of sp³-hybridized carbons (Fsp3) is 0.267. The van der Waals surface area contributed by atoms with Crippen LogP contribution in [0.3, 0.4) is 0 Å². The Kier molecular flexibility index (Phi) is 3.79. The third-order valence-corrected chi connectivity index (χ3v) is 3.13. The molecule has 0 aromatic carbocycles. The third-order valence-electron chi connectivity index (χ3n) is 3.13. The van der Waals surface area contributed by atoms with Gasteiger partial charge in [-0.1, -0.05) is 6.07 Å². The predicted octanol–water partition coefficient (Wildman–Crippen LogP) is 2.24. The highest BCUT2D eigenvalue weighted by molar-refractivity contribution is 5.75. The van der Waals surface area contributed by atoms with Crippen molar-refractivity contribution in [2.24, 2.45) is 0 Å². The summed E-state index contributed by atoms with van der Waals surface area (Å²) in [7, 11) is 1.68. The lowest BCUT2D eigenvalue weighted by molar-refractivity contribution is 0.190. The molecule has 0 radical (unpaired) electrons. The van der Waals surface area contributed by atoms with Gasteiger partial charge < -0.3 is 10.1 Å². The molecule has 0 amide bonds. The number of ether oxygens (including phenoxy) is 1. The molecule has 0 aliphatic heterocycles. The van der Waals surface area contributed by atoms with Crippen LogP contribution in [0.15, 0.2) is 42.9 Å². The Morgan fingerprint density at radius 1 is 1.33 bits per heavy atom. The molecule has 0 bridgehead atoms. The van der Waals surface area contributed by atoms with Gasteiger partial charge in [0.1, 0.15) is 5.82 Å². The van der Waals surface area contributed by atoms with Crippen molar-refractivity contribution in [1.29, 1.82) is 0 Å². The number of methoxy groups -OCH3 is 1. The zero-order valence-electron chi connectivity index (χ0n) is 12.0. The van der Waals surface area contributed by atoms with Crippen LogP contribution in [0.4, 0.5) is 5.82 Å². The van der Waals surface area contributed by atoms with E-state index in [-0.39, 0.29) is 6.04 Å². The van der Waals surface area contributed by atoms with E-state index in [9.17, 15) is 0 Å². The fourth-order valence-corrected chi connectivity index (χ4v) is 2.22. The van der Waals surface area contributed by atoms with Crippen molar-refractivity contribution in [3.63, 3.8) is 0 Å². The van der Waals surface area contributed by atoms with Gasteiger partial charge in [0, 0.05) is 25.5 Å². The lowest BCUT2D eigenvalue weighted by Crippen LogP contribution is -2.21. The molecule has 6 heteroatoms. The predicted molar refractivity (Wildman–Crippen MR) is 81.2 cm³/mol. The van der Waals surface area contributed by atoms with Crippen LogP contribution in [-0.2, 0) is 4.74 Å². The number of nitrogens with zero attached hydrogens (tertiary/aromatic N) is 4. The second-order valence-electron chi connectivity index (χ2n) is 4.85. The van der Waals surface area contributed by atoms with Crippen molar-refractivity contribution in [3.8, 4) is 11.4 Å². The van der Waals surface area contributed by atoms with Gasteiger partial charge in [-0.15, -0.1) is 0 Å². The molecule has 6 nitrogen and oxygen atoms in total. The van der Waals surface area contributed by atoms with E-state index in [0.29, 0.717) is 12.4 Å². The molecule has 3 aromatic rings. The molecule has 3 rings (SSSR count). The first-order valence-electron chi connectivity index (χ1n) is 6.79. The Morgan fingerprint density at radius 2 is 2.24 bits per heavy atom. The van der Waals surface area contributed by atoms with Crippen LogP contribution in [0.5, 0.6) is 0 Å². The molecule has 3 heterocycles. The number of hydrogen-bond donors (Lipinski definition) is 1. The molecule has 0 spiro atoms. The van der Waals surface area contributed by atoms with Gasteiger partial charge in [0.25, 0.3) is 0 Å². The van der Waals surface area contributed by atoms with Crippen molar-refractivity contribution in [2.75, 3.05) is 19.0 Å². The molecule has 1 atom stereocenters. The second-order valence-corrected chi connectivity index (χ2v) is 4.85. The average Bonchev–Trinajstić information content (AvgIpc) is 2.91. The fourth-order valence-electron chi connectivity index (χ4n) is 2.22. The summed E-state index contributed by atoms with van der Waals surface area (Å²) in [5, 5.41) is 7.60. The molecule has 0 unspecified atom stereocenters. The molecule has 108 valence electrons. The number of rotatable bonds is 5. The van der Waals surface area contributed by atoms with E-state index in [2.05, 4.69) is 20.4 Å². The molecular weight excluding hydrogens is 266 g/mol. The van der Waals surface area contributed by atoms with Gasteiger partial charge in [-0.25, -0.2) is 14.5 Å². The molecule has 0 aliphatic carbocycles. The van der Waals surface area contributed by atoms with E-state index >= 15 is 0 Å². The number of anilines is 1. The van der Waals surface area contributed by atoms with Crippen LogP contribution in [0.2, 0.25) is 0 Å². The van der Waals surface area contributed by atoms with Crippen LogP contribution >= 0.6 is 0 Å². The van der Waals surface area contributed by atoms with Crippen LogP contribution in [0.25, 0.3) is 16.9 Å². The van der Waals surface area contributed by atoms with Crippen molar-refractivity contribution >= 4 is 11.3 Å². The molecule has 0 fully saturated rings. The van der Waals surface area contributed by atoms with Crippen LogP contribution in [0.1, 0.15) is 6.92 Å². The van der Waals surface area contributed by atoms with E-state index < -0.39 is 0 Å². The van der Waals surface area contributed by atoms with E-state index in [1.54, 1.807) is 19.5 Å². The summed E-state index contributed by atoms with van der Waals surface area (Å²) in [4.78, 5) is 8.91. The monoisotopic (exact) mass is 283 g/mol. The highest BCUT2D eigenvalue weighted by Crippen LogP contribution is 2.21. The Hall–Kier alpha value is -2.47. The lowest BCUT2D eigenvalue weighted by atomic mass is 10.2. The molecule has 1 N–H and O–H groups in total. The van der Waals surface area contributed by atoms with Gasteiger partial charge in [0.05, 0.1) is 23.9 Å². The summed E-state index contributed by atoms with van der Waals surface area (Å²) < 4.78 is 6.93. The van der Waals surface area contributed by atoms with Gasteiger partial charge in [0.15, 0.2) is 5.82 Å². The van der Waals surface area contributed by atoms with Crippen molar-refractivity contribution in [3.05, 3.63) is 42.9 Å². The van der Waals surface area contributed by atoms with Crippen molar-refractivity contribution in [1.82, 2.24) is 19.6 Å². The van der Waals surface area contributed by atoms with Crippen molar-refractivity contribution in [2.45, 2.75) is 13.0 Å². The summed E-state index contributed by atoms with van der Waals surface area (Å²) in [6.45, 7) is 2.66. The zero-order valence-corrected chi connectivity index (χ0v) is 12.0. The lowest BCUT2D eigenvalue weighted by Gasteiger charge is -2.13. The van der Waals surface area contributed by atoms with Gasteiger partial charge in [-0.3, -0.25) is 0 Å². The van der Waals surface area contributed by atoms with Gasteiger partial charge in [0.2, 0.25) is 0 Å². The largest absolute Gasteiger partial charge is 0.383 e. The third kappa shape index (κ3) is 2.85. The maximum absolute atomic E-state index is 5.12. The summed E-state index contributed by atoms with van der Waals surface area (Å²) >= 11 is 0. The van der Waals surface area contributed by atoms with E-state index in [1.165, 1.54) is 0 Å². The average molecular weight is 283 g/mol. The van der Waals surface area contributed by atoms with Crippen LogP contribution in [-0.4, -0.2) is 39.3 Å². The van der Waals surface area contributed by atoms with Gasteiger partial charge in [-0.05, 0) is 25.1 Å². The number of pyridine rings is 1. The molecule has 0 aliphatic rings. The zero-order chi connectivity index (χ0) is 14.7. The quantitative estimate of drug-likeness (QED) is 0.778. The number of aromatic nitrogens is 4. The first-order valence-corrected chi connectivity index (χ1v) is 6.79.